The predicted molar refractivity (Wildman–Crippen MR) is 56.5 cm³/mol. The first-order valence-electron chi connectivity index (χ1n) is 5.15. The van der Waals surface area contributed by atoms with E-state index in [0.717, 1.165) is 5.69 Å². The molecule has 1 atom stereocenters. The molecule has 5 heteroatoms. The van der Waals surface area contributed by atoms with Gasteiger partial charge in [-0.2, -0.15) is 0 Å². The van der Waals surface area contributed by atoms with E-state index in [-0.39, 0.29) is 6.04 Å². The number of rotatable bonds is 3. The number of nitrogens with two attached hydrogens (primary N) is 1. The van der Waals surface area contributed by atoms with Crippen molar-refractivity contribution in [2.75, 3.05) is 0 Å². The Balaban J connectivity index is 2.04. The number of nitrogens with one attached hydrogen (secondary N) is 1. The third kappa shape index (κ3) is 2.10. The first-order valence-corrected chi connectivity index (χ1v) is 5.98. The molecule has 4 nitrogen and oxygen atoms in total. The molecule has 1 aromatic rings. The van der Waals surface area contributed by atoms with Crippen molar-refractivity contribution in [2.45, 2.75) is 38.1 Å². The summed E-state index contributed by atoms with van der Waals surface area (Å²) in [5, 5.41) is 6.07. The maximum atomic E-state index is 5.58. The summed E-state index contributed by atoms with van der Waals surface area (Å²) in [5.41, 5.74) is 3.88. The normalized spacial score (nSPS) is 20.9. The SMILES string of the molecule is NNC(c1csnn1)C1CCCCC1. The highest BCUT2D eigenvalue weighted by Gasteiger charge is 2.25. The lowest BCUT2D eigenvalue weighted by atomic mass is 9.83. The van der Waals surface area contributed by atoms with Crippen molar-refractivity contribution in [3.8, 4) is 0 Å². The summed E-state index contributed by atoms with van der Waals surface area (Å²) in [6.45, 7) is 0. The van der Waals surface area contributed by atoms with E-state index in [4.69, 9.17) is 5.84 Å². The van der Waals surface area contributed by atoms with Crippen LogP contribution in [0.3, 0.4) is 0 Å². The topological polar surface area (TPSA) is 63.8 Å². The molecule has 0 saturated heterocycles. The van der Waals surface area contributed by atoms with Gasteiger partial charge in [-0.15, -0.1) is 5.10 Å². The Morgan fingerprint density at radius 2 is 2.21 bits per heavy atom. The van der Waals surface area contributed by atoms with Gasteiger partial charge in [0.2, 0.25) is 0 Å². The summed E-state index contributed by atoms with van der Waals surface area (Å²) in [5.74, 6) is 6.22. The molecule has 78 valence electrons. The summed E-state index contributed by atoms with van der Waals surface area (Å²) in [6, 6.07) is 0.203. The van der Waals surface area contributed by atoms with Crippen molar-refractivity contribution >= 4 is 11.5 Å². The fourth-order valence-electron chi connectivity index (χ4n) is 2.24. The van der Waals surface area contributed by atoms with Crippen LogP contribution in [-0.4, -0.2) is 9.59 Å². The second-order valence-corrected chi connectivity index (χ2v) is 4.48. The minimum absolute atomic E-state index is 0.203. The maximum Gasteiger partial charge on any atom is 0.0941 e. The van der Waals surface area contributed by atoms with Crippen LogP contribution in [0.2, 0.25) is 0 Å². The van der Waals surface area contributed by atoms with Gasteiger partial charge in [-0.3, -0.25) is 11.3 Å². The molecule has 0 aromatic carbocycles. The lowest BCUT2D eigenvalue weighted by Gasteiger charge is -2.28. The quantitative estimate of drug-likeness (QED) is 0.590. The van der Waals surface area contributed by atoms with Crippen molar-refractivity contribution in [2.24, 2.45) is 11.8 Å². The fourth-order valence-corrected chi connectivity index (χ4v) is 2.73. The van der Waals surface area contributed by atoms with Crippen LogP contribution in [0.15, 0.2) is 5.38 Å². The van der Waals surface area contributed by atoms with E-state index >= 15 is 0 Å². The molecular weight excluding hydrogens is 196 g/mol. The van der Waals surface area contributed by atoms with E-state index in [1.807, 2.05) is 5.38 Å². The number of hydrogen-bond acceptors (Lipinski definition) is 5. The van der Waals surface area contributed by atoms with E-state index in [1.165, 1.54) is 43.6 Å². The van der Waals surface area contributed by atoms with E-state index < -0.39 is 0 Å². The van der Waals surface area contributed by atoms with Crippen molar-refractivity contribution in [1.82, 2.24) is 15.0 Å². The molecule has 0 aliphatic heterocycles. The summed E-state index contributed by atoms with van der Waals surface area (Å²) >= 11 is 1.39. The second kappa shape index (κ2) is 4.82. The number of nitrogens with zero attached hydrogens (tertiary/aromatic N) is 2. The van der Waals surface area contributed by atoms with E-state index in [9.17, 15) is 0 Å². The van der Waals surface area contributed by atoms with Gasteiger partial charge in [-0.25, -0.2) is 0 Å². The molecule has 1 aromatic heterocycles. The average Bonchev–Trinajstić information content (AvgIpc) is 2.74. The molecular formula is C9H16N4S. The third-order valence-corrected chi connectivity index (χ3v) is 3.52. The van der Waals surface area contributed by atoms with Gasteiger partial charge in [-0.05, 0) is 30.3 Å². The molecule has 0 bridgehead atoms. The standard InChI is InChI=1S/C9H16N4S/c10-11-9(8-6-14-13-12-8)7-4-2-1-3-5-7/h6-7,9,11H,1-5,10H2. The van der Waals surface area contributed by atoms with Crippen LogP contribution in [0.4, 0.5) is 0 Å². The molecule has 0 spiro atoms. The van der Waals surface area contributed by atoms with Crippen LogP contribution < -0.4 is 11.3 Å². The lowest BCUT2D eigenvalue weighted by molar-refractivity contribution is 0.269. The number of hydrazine groups is 1. The molecule has 1 fully saturated rings. The zero-order chi connectivity index (χ0) is 9.80. The molecule has 1 aliphatic rings. The van der Waals surface area contributed by atoms with Gasteiger partial charge in [0.1, 0.15) is 0 Å². The van der Waals surface area contributed by atoms with Crippen molar-refractivity contribution in [3.63, 3.8) is 0 Å². The molecule has 3 N–H and O–H groups in total. The molecule has 0 amide bonds. The van der Waals surface area contributed by atoms with Gasteiger partial charge < -0.3 is 0 Å². The zero-order valence-corrected chi connectivity index (χ0v) is 8.96. The maximum absolute atomic E-state index is 5.58. The second-order valence-electron chi connectivity index (χ2n) is 3.87. The first-order chi connectivity index (χ1) is 6.92. The minimum atomic E-state index is 0.203. The van der Waals surface area contributed by atoms with Crippen molar-refractivity contribution in [1.29, 1.82) is 0 Å². The average molecular weight is 212 g/mol. The minimum Gasteiger partial charge on any atom is -0.271 e. The Hall–Kier alpha value is -0.520. The Labute approximate surface area is 88.0 Å². The fraction of sp³-hybridized carbons (Fsp3) is 0.778. The van der Waals surface area contributed by atoms with Gasteiger partial charge in [0.15, 0.2) is 0 Å². The monoisotopic (exact) mass is 212 g/mol. The van der Waals surface area contributed by atoms with Crippen LogP contribution in [0, 0.1) is 5.92 Å². The summed E-state index contributed by atoms with van der Waals surface area (Å²) in [4.78, 5) is 0. The molecule has 1 heterocycles. The molecule has 14 heavy (non-hydrogen) atoms. The van der Waals surface area contributed by atoms with Crippen LogP contribution in [-0.2, 0) is 0 Å². The Bertz CT molecular complexity index is 256. The summed E-state index contributed by atoms with van der Waals surface area (Å²) in [7, 11) is 0. The molecule has 1 unspecified atom stereocenters. The first kappa shape index (κ1) is 10.0. The molecule has 0 radical (unpaired) electrons. The van der Waals surface area contributed by atoms with E-state index in [0.29, 0.717) is 5.92 Å². The Morgan fingerprint density at radius 1 is 1.43 bits per heavy atom. The Kier molecular flexibility index (Phi) is 3.44. The van der Waals surface area contributed by atoms with Gasteiger partial charge in [0, 0.05) is 5.38 Å². The number of hydrogen-bond donors (Lipinski definition) is 2. The van der Waals surface area contributed by atoms with Crippen LogP contribution in [0.25, 0.3) is 0 Å². The summed E-state index contributed by atoms with van der Waals surface area (Å²) < 4.78 is 3.88. The Morgan fingerprint density at radius 3 is 2.79 bits per heavy atom. The zero-order valence-electron chi connectivity index (χ0n) is 8.15. The molecule has 2 rings (SSSR count). The van der Waals surface area contributed by atoms with Crippen molar-refractivity contribution in [3.05, 3.63) is 11.1 Å². The van der Waals surface area contributed by atoms with Gasteiger partial charge in [-0.1, -0.05) is 23.8 Å². The van der Waals surface area contributed by atoms with Crippen LogP contribution in [0.1, 0.15) is 43.8 Å². The van der Waals surface area contributed by atoms with Crippen LogP contribution in [0.5, 0.6) is 0 Å². The highest BCUT2D eigenvalue weighted by Crippen LogP contribution is 2.33. The highest BCUT2D eigenvalue weighted by atomic mass is 32.1. The lowest BCUT2D eigenvalue weighted by Crippen LogP contribution is -2.34. The van der Waals surface area contributed by atoms with E-state index in [2.05, 4.69) is 15.0 Å². The van der Waals surface area contributed by atoms with Crippen LogP contribution >= 0.6 is 11.5 Å². The largest absolute Gasteiger partial charge is 0.271 e. The number of aromatic nitrogens is 2. The predicted octanol–water partition coefficient (Wildman–Crippen LogP) is 1.62. The van der Waals surface area contributed by atoms with E-state index in [1.54, 1.807) is 0 Å². The van der Waals surface area contributed by atoms with Gasteiger partial charge in [0.05, 0.1) is 11.7 Å². The molecule has 1 aliphatic carbocycles. The third-order valence-electron chi connectivity index (χ3n) is 3.00. The highest BCUT2D eigenvalue weighted by molar-refractivity contribution is 7.03. The van der Waals surface area contributed by atoms with Gasteiger partial charge in [0.25, 0.3) is 0 Å². The molecule has 1 saturated carbocycles. The smallest absolute Gasteiger partial charge is 0.0941 e. The van der Waals surface area contributed by atoms with Gasteiger partial charge >= 0.3 is 0 Å². The summed E-state index contributed by atoms with van der Waals surface area (Å²) in [6.07, 6.45) is 6.52. The van der Waals surface area contributed by atoms with Crippen molar-refractivity contribution < 1.29 is 0 Å².